The first-order chi connectivity index (χ1) is 11.6. The number of carbonyl (C=O) groups excluding carboxylic acids is 1. The van der Waals surface area contributed by atoms with E-state index in [1.165, 1.54) is 31.4 Å². The number of aliphatic hydroxyl groups excluding tert-OH is 1. The molecule has 5 heteroatoms. The van der Waals surface area contributed by atoms with Gasteiger partial charge in [0.2, 0.25) is 5.91 Å². The minimum Gasteiger partial charge on any atom is -0.387 e. The van der Waals surface area contributed by atoms with Crippen LogP contribution >= 0.6 is 0 Å². The molecule has 1 atom stereocenters. The number of carbonyl (C=O) groups is 1. The Morgan fingerprint density at radius 2 is 1.88 bits per heavy atom. The van der Waals surface area contributed by atoms with Gasteiger partial charge in [0, 0.05) is 38.6 Å². The summed E-state index contributed by atoms with van der Waals surface area (Å²) in [5, 5.41) is 10.3. The van der Waals surface area contributed by atoms with Gasteiger partial charge in [-0.1, -0.05) is 31.4 Å². The van der Waals surface area contributed by atoms with Gasteiger partial charge in [-0.05, 0) is 30.5 Å². The number of β-amino-alcohol motifs (C(OH)–C–C–N with tert-alkyl or cyclic N) is 1. The van der Waals surface area contributed by atoms with E-state index in [2.05, 4.69) is 4.90 Å². The number of rotatable bonds is 4. The molecule has 2 fully saturated rings. The van der Waals surface area contributed by atoms with Crippen molar-refractivity contribution in [2.24, 2.45) is 5.92 Å². The molecule has 2 aliphatic rings. The molecule has 0 aromatic heterocycles. The van der Waals surface area contributed by atoms with Crippen LogP contribution in [-0.2, 0) is 4.79 Å². The van der Waals surface area contributed by atoms with Crippen molar-refractivity contribution in [3.05, 3.63) is 35.6 Å². The van der Waals surface area contributed by atoms with Crippen molar-refractivity contribution >= 4 is 5.91 Å². The van der Waals surface area contributed by atoms with E-state index in [1.807, 2.05) is 4.90 Å². The summed E-state index contributed by atoms with van der Waals surface area (Å²) in [7, 11) is 0. The third kappa shape index (κ3) is 4.33. The van der Waals surface area contributed by atoms with Crippen LogP contribution in [0.2, 0.25) is 0 Å². The van der Waals surface area contributed by atoms with Gasteiger partial charge < -0.3 is 10.0 Å². The fourth-order valence-electron chi connectivity index (χ4n) is 3.82. The van der Waals surface area contributed by atoms with E-state index in [0.717, 1.165) is 39.0 Å². The lowest BCUT2D eigenvalue weighted by molar-refractivity contribution is -0.138. The van der Waals surface area contributed by atoms with Crippen molar-refractivity contribution in [1.29, 1.82) is 0 Å². The minimum absolute atomic E-state index is 0.225. The van der Waals surface area contributed by atoms with E-state index in [4.69, 9.17) is 0 Å². The van der Waals surface area contributed by atoms with E-state index >= 15 is 0 Å². The van der Waals surface area contributed by atoms with Crippen LogP contribution in [0.25, 0.3) is 0 Å². The van der Waals surface area contributed by atoms with Gasteiger partial charge in [0.25, 0.3) is 0 Å². The van der Waals surface area contributed by atoms with Crippen LogP contribution in [-0.4, -0.2) is 53.5 Å². The van der Waals surface area contributed by atoms with Crippen molar-refractivity contribution in [2.45, 2.75) is 38.2 Å². The smallest absolute Gasteiger partial charge is 0.225 e. The Morgan fingerprint density at radius 1 is 1.17 bits per heavy atom. The fourth-order valence-corrected chi connectivity index (χ4v) is 3.82. The van der Waals surface area contributed by atoms with Crippen LogP contribution in [0.4, 0.5) is 4.39 Å². The molecule has 132 valence electrons. The molecule has 0 bridgehead atoms. The Labute approximate surface area is 143 Å². The molecule has 1 N–H and O–H groups in total. The van der Waals surface area contributed by atoms with Gasteiger partial charge in [-0.25, -0.2) is 4.39 Å². The molecule has 1 amide bonds. The summed E-state index contributed by atoms with van der Waals surface area (Å²) < 4.78 is 13.3. The summed E-state index contributed by atoms with van der Waals surface area (Å²) >= 11 is 0. The molecule has 3 rings (SSSR count). The van der Waals surface area contributed by atoms with Gasteiger partial charge in [0.05, 0.1) is 6.10 Å². The number of amides is 1. The SMILES string of the molecule is O=C(C1CCCCC1)N1CCN(CC(O)c2cccc(F)c2)CC1. The average molecular weight is 334 g/mol. The molecule has 1 aromatic carbocycles. The van der Waals surface area contributed by atoms with Crippen LogP contribution in [0.15, 0.2) is 24.3 Å². The zero-order valence-corrected chi connectivity index (χ0v) is 14.2. The summed E-state index contributed by atoms with van der Waals surface area (Å²) in [5.74, 6) is 0.220. The van der Waals surface area contributed by atoms with Crippen molar-refractivity contribution in [1.82, 2.24) is 9.80 Å². The number of hydrogen-bond donors (Lipinski definition) is 1. The van der Waals surface area contributed by atoms with E-state index in [-0.39, 0.29) is 11.7 Å². The topological polar surface area (TPSA) is 43.8 Å². The Bertz CT molecular complexity index is 552. The summed E-state index contributed by atoms with van der Waals surface area (Å²) in [6.45, 7) is 3.47. The van der Waals surface area contributed by atoms with Gasteiger partial charge in [-0.3, -0.25) is 9.69 Å². The second-order valence-electron chi connectivity index (χ2n) is 7.03. The maximum absolute atomic E-state index is 13.3. The summed E-state index contributed by atoms with van der Waals surface area (Å²) in [4.78, 5) is 16.7. The van der Waals surface area contributed by atoms with Gasteiger partial charge >= 0.3 is 0 Å². The van der Waals surface area contributed by atoms with E-state index in [1.54, 1.807) is 12.1 Å². The first kappa shape index (κ1) is 17.4. The van der Waals surface area contributed by atoms with Crippen LogP contribution in [0.3, 0.4) is 0 Å². The monoisotopic (exact) mass is 334 g/mol. The number of halogens is 1. The van der Waals surface area contributed by atoms with Crippen molar-refractivity contribution in [3.8, 4) is 0 Å². The predicted octanol–water partition coefficient (Wildman–Crippen LogP) is 2.58. The molecule has 1 aliphatic heterocycles. The normalized spacial score (nSPS) is 21.7. The maximum atomic E-state index is 13.3. The van der Waals surface area contributed by atoms with E-state index in [0.29, 0.717) is 18.0 Å². The highest BCUT2D eigenvalue weighted by atomic mass is 19.1. The molecule has 1 heterocycles. The summed E-state index contributed by atoms with van der Waals surface area (Å²) in [6.07, 6.45) is 5.00. The van der Waals surface area contributed by atoms with Crippen LogP contribution in [0.1, 0.15) is 43.8 Å². The van der Waals surface area contributed by atoms with Gasteiger partial charge in [0.1, 0.15) is 5.82 Å². The molecule has 4 nitrogen and oxygen atoms in total. The lowest BCUT2D eigenvalue weighted by Gasteiger charge is -2.37. The van der Waals surface area contributed by atoms with Crippen molar-refractivity contribution in [3.63, 3.8) is 0 Å². The largest absolute Gasteiger partial charge is 0.387 e. The molecule has 1 aromatic rings. The number of benzene rings is 1. The van der Waals surface area contributed by atoms with Crippen LogP contribution in [0.5, 0.6) is 0 Å². The van der Waals surface area contributed by atoms with Gasteiger partial charge in [-0.2, -0.15) is 0 Å². The van der Waals surface area contributed by atoms with Crippen molar-refractivity contribution in [2.75, 3.05) is 32.7 Å². The highest BCUT2D eigenvalue weighted by Gasteiger charge is 2.28. The molecule has 1 aliphatic carbocycles. The van der Waals surface area contributed by atoms with Gasteiger partial charge in [-0.15, -0.1) is 0 Å². The number of nitrogens with zero attached hydrogens (tertiary/aromatic N) is 2. The second kappa shape index (κ2) is 8.08. The second-order valence-corrected chi connectivity index (χ2v) is 7.03. The Balaban J connectivity index is 1.47. The fraction of sp³-hybridized carbons (Fsp3) is 0.632. The zero-order valence-electron chi connectivity index (χ0n) is 14.2. The highest BCUT2D eigenvalue weighted by Crippen LogP contribution is 2.26. The minimum atomic E-state index is -0.693. The molecule has 1 unspecified atom stereocenters. The molecule has 1 saturated heterocycles. The van der Waals surface area contributed by atoms with E-state index in [9.17, 15) is 14.3 Å². The first-order valence-corrected chi connectivity index (χ1v) is 9.08. The standard InChI is InChI=1S/C19H27FN2O2/c20-17-8-4-7-16(13-17)18(23)14-21-9-11-22(12-10-21)19(24)15-5-2-1-3-6-15/h4,7-8,13,15,18,23H,1-3,5-6,9-12,14H2. The Morgan fingerprint density at radius 3 is 2.54 bits per heavy atom. The summed E-state index contributed by atoms with van der Waals surface area (Å²) in [5.41, 5.74) is 0.607. The van der Waals surface area contributed by atoms with Crippen LogP contribution < -0.4 is 0 Å². The average Bonchev–Trinajstić information content (AvgIpc) is 2.62. The molecule has 24 heavy (non-hydrogen) atoms. The van der Waals surface area contributed by atoms with Gasteiger partial charge in [0.15, 0.2) is 0 Å². The summed E-state index contributed by atoms with van der Waals surface area (Å²) in [6, 6.07) is 6.13. The van der Waals surface area contributed by atoms with E-state index < -0.39 is 6.10 Å². The Hall–Kier alpha value is -1.46. The maximum Gasteiger partial charge on any atom is 0.225 e. The lowest BCUT2D eigenvalue weighted by atomic mass is 9.88. The predicted molar refractivity (Wildman–Crippen MR) is 91.0 cm³/mol. The molecule has 1 saturated carbocycles. The number of piperazine rings is 1. The first-order valence-electron chi connectivity index (χ1n) is 9.08. The molecule has 0 radical (unpaired) electrons. The van der Waals surface area contributed by atoms with Crippen molar-refractivity contribution < 1.29 is 14.3 Å². The third-order valence-corrected chi connectivity index (χ3v) is 5.30. The Kier molecular flexibility index (Phi) is 5.85. The highest BCUT2D eigenvalue weighted by molar-refractivity contribution is 5.79. The molecular formula is C19H27FN2O2. The van der Waals surface area contributed by atoms with Crippen LogP contribution in [0, 0.1) is 11.7 Å². The number of hydrogen-bond acceptors (Lipinski definition) is 3. The molecular weight excluding hydrogens is 307 g/mol. The zero-order chi connectivity index (χ0) is 16.9. The lowest BCUT2D eigenvalue weighted by Crippen LogP contribution is -2.51. The quantitative estimate of drug-likeness (QED) is 0.920. The number of aliphatic hydroxyl groups is 1. The third-order valence-electron chi connectivity index (χ3n) is 5.30. The molecule has 0 spiro atoms.